The average molecular weight is 538 g/mol. The van der Waals surface area contributed by atoms with Gasteiger partial charge in [0.25, 0.3) is 5.69 Å². The maximum Gasteiger partial charge on any atom is 0.335 e. The lowest BCUT2D eigenvalue weighted by molar-refractivity contribution is -0.384. The Morgan fingerprint density at radius 3 is 2.57 bits per heavy atom. The first-order valence-electron chi connectivity index (χ1n) is 10.1. The number of carbonyl (C=O) groups is 2. The average Bonchev–Trinajstić information content (AvgIpc) is 3.27. The fraction of sp³-hybridized carbons (Fsp3) is 0.0417. The van der Waals surface area contributed by atoms with E-state index in [0.29, 0.717) is 26.8 Å². The molecule has 2 N–H and O–H groups in total. The molecule has 1 aromatic heterocycles. The lowest BCUT2D eigenvalue weighted by Gasteiger charge is -2.09. The zero-order valence-corrected chi connectivity index (χ0v) is 19.4. The van der Waals surface area contributed by atoms with Crippen LogP contribution in [0.3, 0.4) is 0 Å². The van der Waals surface area contributed by atoms with Crippen LogP contribution in [-0.2, 0) is 6.61 Å². The Hall–Kier alpha value is -4.51. The number of non-ortho nitro benzene ring substituents is 1. The second-order valence-corrected chi connectivity index (χ2v) is 8.12. The van der Waals surface area contributed by atoms with Crippen molar-refractivity contribution in [2.75, 3.05) is 0 Å². The zero-order chi connectivity index (χ0) is 24.9. The number of nitrogens with zero attached hydrogens (tertiary/aromatic N) is 2. The molecule has 11 heteroatoms. The van der Waals surface area contributed by atoms with Crippen LogP contribution in [0.1, 0.15) is 32.0 Å². The van der Waals surface area contributed by atoms with E-state index in [0.717, 1.165) is 5.56 Å². The quantitative estimate of drug-likeness (QED) is 0.179. The van der Waals surface area contributed by atoms with Gasteiger partial charge in [-0.05, 0) is 69.5 Å². The Bertz CT molecular complexity index is 1460. The Labute approximate surface area is 206 Å². The summed E-state index contributed by atoms with van der Waals surface area (Å²) in [6, 6.07) is 17.1. The van der Waals surface area contributed by atoms with Crippen LogP contribution in [0.2, 0.25) is 0 Å². The lowest BCUT2D eigenvalue weighted by atomic mass is 10.1. The van der Waals surface area contributed by atoms with Gasteiger partial charge >= 0.3 is 11.9 Å². The normalized spacial score (nSPS) is 11.0. The number of hydrazone groups is 1. The van der Waals surface area contributed by atoms with Crippen molar-refractivity contribution < 1.29 is 28.8 Å². The molecule has 4 aromatic rings. The van der Waals surface area contributed by atoms with Gasteiger partial charge in [-0.3, -0.25) is 14.9 Å². The predicted molar refractivity (Wildman–Crippen MR) is 130 cm³/mol. The number of nitrogens with one attached hydrogen (secondary N) is 1. The monoisotopic (exact) mass is 537 g/mol. The number of ether oxygens (including phenoxy) is 1. The van der Waals surface area contributed by atoms with Crippen molar-refractivity contribution in [1.29, 1.82) is 0 Å². The van der Waals surface area contributed by atoms with E-state index in [1.54, 1.807) is 30.3 Å². The van der Waals surface area contributed by atoms with E-state index in [9.17, 15) is 19.7 Å². The Morgan fingerprint density at radius 2 is 1.89 bits per heavy atom. The maximum absolute atomic E-state index is 12.3. The fourth-order valence-corrected chi connectivity index (χ4v) is 3.61. The number of carbonyl (C=O) groups excluding carboxylic acids is 1. The summed E-state index contributed by atoms with van der Waals surface area (Å²) in [4.78, 5) is 33.6. The molecule has 35 heavy (non-hydrogen) atoms. The molecule has 1 amide bonds. The van der Waals surface area contributed by atoms with Crippen LogP contribution < -0.4 is 10.2 Å². The Morgan fingerprint density at radius 1 is 1.11 bits per heavy atom. The number of fused-ring (bicyclic) bond motifs is 1. The molecule has 0 radical (unpaired) electrons. The number of nitro groups is 1. The van der Waals surface area contributed by atoms with E-state index < -0.39 is 16.8 Å². The number of furan rings is 1. The molecule has 3 aromatic carbocycles. The van der Waals surface area contributed by atoms with Crippen molar-refractivity contribution in [2.24, 2.45) is 5.10 Å². The van der Waals surface area contributed by atoms with Gasteiger partial charge in [0, 0.05) is 17.5 Å². The highest BCUT2D eigenvalue weighted by molar-refractivity contribution is 9.10. The van der Waals surface area contributed by atoms with Gasteiger partial charge in [-0.2, -0.15) is 5.10 Å². The highest BCUT2D eigenvalue weighted by Crippen LogP contribution is 2.27. The fourth-order valence-electron chi connectivity index (χ4n) is 3.10. The van der Waals surface area contributed by atoms with Crippen molar-refractivity contribution in [3.63, 3.8) is 0 Å². The first-order chi connectivity index (χ1) is 16.8. The van der Waals surface area contributed by atoms with Crippen LogP contribution in [0, 0.1) is 10.1 Å². The number of amides is 1. The molecular formula is C24H16BrN3O7. The Kier molecular flexibility index (Phi) is 6.88. The first-order valence-corrected chi connectivity index (χ1v) is 10.9. The van der Waals surface area contributed by atoms with Crippen LogP contribution in [0.5, 0.6) is 5.75 Å². The molecule has 0 aliphatic carbocycles. The van der Waals surface area contributed by atoms with Crippen LogP contribution in [0.25, 0.3) is 11.0 Å². The predicted octanol–water partition coefficient (Wildman–Crippen LogP) is 5.14. The molecular weight excluding hydrogens is 522 g/mol. The lowest BCUT2D eigenvalue weighted by Crippen LogP contribution is -2.16. The van der Waals surface area contributed by atoms with Crippen molar-refractivity contribution in [1.82, 2.24) is 5.43 Å². The van der Waals surface area contributed by atoms with E-state index in [-0.39, 0.29) is 23.6 Å². The summed E-state index contributed by atoms with van der Waals surface area (Å²) < 4.78 is 11.9. The minimum absolute atomic E-state index is 0.0287. The van der Waals surface area contributed by atoms with Crippen molar-refractivity contribution in [3.8, 4) is 5.75 Å². The highest BCUT2D eigenvalue weighted by Gasteiger charge is 2.14. The van der Waals surface area contributed by atoms with Gasteiger partial charge in [0.1, 0.15) is 17.9 Å². The van der Waals surface area contributed by atoms with Gasteiger partial charge < -0.3 is 14.3 Å². The van der Waals surface area contributed by atoms with E-state index >= 15 is 0 Å². The minimum Gasteiger partial charge on any atom is -0.488 e. The molecule has 0 unspecified atom stereocenters. The third-order valence-electron chi connectivity index (χ3n) is 4.87. The number of benzene rings is 3. The number of rotatable bonds is 8. The molecule has 0 aliphatic heterocycles. The molecule has 0 fully saturated rings. The van der Waals surface area contributed by atoms with Crippen LogP contribution in [0.4, 0.5) is 5.69 Å². The van der Waals surface area contributed by atoms with Gasteiger partial charge in [0.05, 0.1) is 21.2 Å². The summed E-state index contributed by atoms with van der Waals surface area (Å²) in [6.45, 7) is 0.253. The smallest absolute Gasteiger partial charge is 0.335 e. The van der Waals surface area contributed by atoms with Gasteiger partial charge in [-0.25, -0.2) is 10.2 Å². The van der Waals surface area contributed by atoms with Crippen LogP contribution in [0.15, 0.2) is 80.7 Å². The van der Waals surface area contributed by atoms with E-state index in [4.69, 9.17) is 14.3 Å². The highest BCUT2D eigenvalue weighted by atomic mass is 79.9. The first kappa shape index (κ1) is 23.6. The van der Waals surface area contributed by atoms with Gasteiger partial charge in [0.15, 0.2) is 5.76 Å². The summed E-state index contributed by atoms with van der Waals surface area (Å²) in [7, 11) is 0. The topological polar surface area (TPSA) is 144 Å². The molecule has 4 rings (SSSR count). The van der Waals surface area contributed by atoms with Gasteiger partial charge in [-0.15, -0.1) is 0 Å². The number of nitro benzene ring substituents is 1. The molecule has 0 bridgehead atoms. The van der Waals surface area contributed by atoms with Crippen LogP contribution >= 0.6 is 15.9 Å². The third-order valence-corrected chi connectivity index (χ3v) is 5.49. The molecule has 0 saturated carbocycles. The number of halogens is 1. The largest absolute Gasteiger partial charge is 0.488 e. The number of hydrogen-bond acceptors (Lipinski definition) is 7. The van der Waals surface area contributed by atoms with E-state index in [2.05, 4.69) is 26.5 Å². The number of carboxylic acid groups (broad SMARTS) is 1. The molecule has 1 heterocycles. The van der Waals surface area contributed by atoms with Gasteiger partial charge in [-0.1, -0.05) is 12.1 Å². The second-order valence-electron chi connectivity index (χ2n) is 7.27. The molecule has 0 atom stereocenters. The standard InChI is InChI=1S/C24H16BrN3O7/c25-19-9-15(3-7-21(19)34-13-14-1-4-16(5-2-14)24(30)31)12-26-27-23(29)22-11-17-10-18(28(32)33)6-8-20(17)35-22/h1-12H,13H2,(H,27,29)(H,30,31). The van der Waals surface area contributed by atoms with Gasteiger partial charge in [0.2, 0.25) is 0 Å². The molecule has 176 valence electrons. The summed E-state index contributed by atoms with van der Waals surface area (Å²) in [6.07, 6.45) is 1.44. The molecule has 0 saturated heterocycles. The van der Waals surface area contributed by atoms with Crippen molar-refractivity contribution in [3.05, 3.63) is 104 Å². The van der Waals surface area contributed by atoms with Crippen molar-refractivity contribution in [2.45, 2.75) is 6.61 Å². The third kappa shape index (κ3) is 5.71. The number of carboxylic acids is 1. The minimum atomic E-state index is -0.988. The SMILES string of the molecule is O=C(O)c1ccc(COc2ccc(C=NNC(=O)c3cc4cc([N+](=O)[O-])ccc4o3)cc2Br)cc1. The maximum atomic E-state index is 12.3. The molecule has 0 spiro atoms. The Balaban J connectivity index is 1.35. The zero-order valence-electron chi connectivity index (χ0n) is 17.8. The summed E-state index contributed by atoms with van der Waals surface area (Å²) in [5.74, 6) is -1.05. The number of aromatic carboxylic acids is 1. The molecule has 0 aliphatic rings. The summed E-state index contributed by atoms with van der Waals surface area (Å²) in [5, 5.41) is 24.2. The number of hydrogen-bond donors (Lipinski definition) is 2. The summed E-state index contributed by atoms with van der Waals surface area (Å²) in [5.41, 5.74) is 4.30. The summed E-state index contributed by atoms with van der Waals surface area (Å²) >= 11 is 3.43. The molecule has 10 nitrogen and oxygen atoms in total. The second kappa shape index (κ2) is 10.2. The van der Waals surface area contributed by atoms with E-state index in [1.807, 2.05) is 0 Å². The van der Waals surface area contributed by atoms with Crippen molar-refractivity contribution >= 4 is 50.7 Å². The van der Waals surface area contributed by atoms with Crippen LogP contribution in [-0.4, -0.2) is 28.1 Å². The van der Waals surface area contributed by atoms with E-state index in [1.165, 1.54) is 42.6 Å².